The first-order valence-electron chi connectivity index (χ1n) is 8.15. The van der Waals surface area contributed by atoms with Crippen molar-refractivity contribution >= 4 is 5.69 Å². The predicted octanol–water partition coefficient (Wildman–Crippen LogP) is 5.84. The Bertz CT molecular complexity index is 807. The van der Waals surface area contributed by atoms with Crippen LogP contribution in [0.5, 0.6) is 0 Å². The van der Waals surface area contributed by atoms with Crippen LogP contribution in [-0.4, -0.2) is 0 Å². The van der Waals surface area contributed by atoms with E-state index in [-0.39, 0.29) is 17.9 Å². The maximum Gasteiger partial charge on any atom is 0.416 e. The van der Waals surface area contributed by atoms with Gasteiger partial charge in [0.25, 0.3) is 0 Å². The molecule has 0 unspecified atom stereocenters. The monoisotopic (exact) mass is 329 g/mol. The molecule has 1 N–H and O–H groups in total. The van der Waals surface area contributed by atoms with Gasteiger partial charge in [-0.05, 0) is 42.0 Å². The van der Waals surface area contributed by atoms with E-state index < -0.39 is 11.7 Å². The number of allylic oxidation sites excluding steroid dienone is 2. The van der Waals surface area contributed by atoms with Crippen LogP contribution in [-0.2, 0) is 6.18 Å². The summed E-state index contributed by atoms with van der Waals surface area (Å²) >= 11 is 0. The van der Waals surface area contributed by atoms with Crippen molar-refractivity contribution in [2.24, 2.45) is 5.92 Å². The number of hydrogen-bond donors (Lipinski definition) is 1. The average molecular weight is 329 g/mol. The molecule has 0 aromatic heterocycles. The van der Waals surface area contributed by atoms with E-state index >= 15 is 0 Å². The van der Waals surface area contributed by atoms with E-state index in [2.05, 4.69) is 23.5 Å². The van der Waals surface area contributed by atoms with Crippen molar-refractivity contribution in [3.8, 4) is 0 Å². The fraction of sp³-hybridized carbons (Fsp3) is 0.300. The summed E-state index contributed by atoms with van der Waals surface area (Å²) in [7, 11) is 0. The largest absolute Gasteiger partial charge is 0.416 e. The van der Waals surface area contributed by atoms with Crippen molar-refractivity contribution in [3.63, 3.8) is 0 Å². The molecular weight excluding hydrogens is 311 g/mol. The number of benzene rings is 2. The third kappa shape index (κ3) is 2.32. The molecule has 1 heterocycles. The number of nitrogens with one attached hydrogen (secondary N) is 1. The van der Waals surface area contributed by atoms with Crippen LogP contribution >= 0.6 is 0 Å². The van der Waals surface area contributed by atoms with Crippen molar-refractivity contribution in [1.29, 1.82) is 0 Å². The fourth-order valence-corrected chi connectivity index (χ4v) is 4.11. The minimum absolute atomic E-state index is 0.114. The number of aryl methyl sites for hydroxylation is 1. The first-order valence-corrected chi connectivity index (χ1v) is 8.15. The van der Waals surface area contributed by atoms with Crippen LogP contribution in [0.1, 0.15) is 40.6 Å². The zero-order valence-corrected chi connectivity index (χ0v) is 13.3. The third-order valence-corrected chi connectivity index (χ3v) is 5.21. The van der Waals surface area contributed by atoms with Crippen LogP contribution in [0.15, 0.2) is 54.6 Å². The van der Waals surface area contributed by atoms with Crippen molar-refractivity contribution in [2.45, 2.75) is 31.5 Å². The standard InChI is InChI=1S/C20H18F3N/c1-12-6-4-9-14-13-8-5-10-15(13)19(24-18(12)14)16-7-2-3-11-17(16)20(21,22)23/h2-9,11,13,15,19,24H,10H2,1H3/t13-,15-,19-/m0/s1. The molecule has 0 fully saturated rings. The number of halogens is 3. The number of hydrogen-bond acceptors (Lipinski definition) is 1. The van der Waals surface area contributed by atoms with Crippen molar-refractivity contribution in [3.05, 3.63) is 76.9 Å². The van der Waals surface area contributed by atoms with E-state index in [0.29, 0.717) is 5.56 Å². The molecule has 1 aliphatic carbocycles. The molecule has 2 aliphatic rings. The first-order chi connectivity index (χ1) is 11.5. The van der Waals surface area contributed by atoms with Crippen LogP contribution < -0.4 is 5.32 Å². The molecule has 0 amide bonds. The number of fused-ring (bicyclic) bond motifs is 3. The molecule has 0 spiro atoms. The molecule has 24 heavy (non-hydrogen) atoms. The maximum atomic E-state index is 13.5. The molecule has 0 saturated heterocycles. The Morgan fingerprint density at radius 2 is 1.75 bits per heavy atom. The van der Waals surface area contributed by atoms with E-state index in [4.69, 9.17) is 0 Å². The first kappa shape index (κ1) is 15.3. The second kappa shape index (κ2) is 5.40. The van der Waals surface area contributed by atoms with Gasteiger partial charge in [-0.15, -0.1) is 0 Å². The molecular formula is C20H18F3N. The molecule has 1 nitrogen and oxygen atoms in total. The highest BCUT2D eigenvalue weighted by atomic mass is 19.4. The minimum Gasteiger partial charge on any atom is -0.377 e. The van der Waals surface area contributed by atoms with Gasteiger partial charge >= 0.3 is 6.18 Å². The molecule has 3 atom stereocenters. The van der Waals surface area contributed by atoms with Crippen LogP contribution in [0, 0.1) is 12.8 Å². The van der Waals surface area contributed by atoms with E-state index in [1.807, 2.05) is 19.1 Å². The maximum absolute atomic E-state index is 13.5. The SMILES string of the molecule is Cc1cccc2c1N[C@H](c1ccccc1C(F)(F)F)[C@H]1CC=C[C@@H]21. The van der Waals surface area contributed by atoms with E-state index in [0.717, 1.165) is 17.7 Å². The average Bonchev–Trinajstić information content (AvgIpc) is 3.04. The topological polar surface area (TPSA) is 12.0 Å². The highest BCUT2D eigenvalue weighted by Crippen LogP contribution is 2.52. The smallest absolute Gasteiger partial charge is 0.377 e. The summed E-state index contributed by atoms with van der Waals surface area (Å²) in [5.74, 6) is 0.287. The van der Waals surface area contributed by atoms with Gasteiger partial charge in [0.1, 0.15) is 0 Å². The lowest BCUT2D eigenvalue weighted by molar-refractivity contribution is -0.138. The van der Waals surface area contributed by atoms with Crippen LogP contribution in [0.4, 0.5) is 18.9 Å². The highest BCUT2D eigenvalue weighted by Gasteiger charge is 2.42. The zero-order valence-electron chi connectivity index (χ0n) is 13.3. The van der Waals surface area contributed by atoms with E-state index in [1.54, 1.807) is 12.1 Å². The Hall–Kier alpha value is -2.23. The lowest BCUT2D eigenvalue weighted by atomic mass is 9.75. The van der Waals surface area contributed by atoms with Gasteiger partial charge in [-0.25, -0.2) is 0 Å². The minimum atomic E-state index is -4.34. The summed E-state index contributed by atoms with van der Waals surface area (Å²) in [6.07, 6.45) is 0.693. The quantitative estimate of drug-likeness (QED) is 0.648. The van der Waals surface area contributed by atoms with Gasteiger partial charge < -0.3 is 5.32 Å². The fourth-order valence-electron chi connectivity index (χ4n) is 4.11. The van der Waals surface area contributed by atoms with E-state index in [1.165, 1.54) is 17.7 Å². The second-order valence-electron chi connectivity index (χ2n) is 6.60. The normalized spacial score (nSPS) is 25.1. The van der Waals surface area contributed by atoms with Crippen LogP contribution in [0.2, 0.25) is 0 Å². The lowest BCUT2D eigenvalue weighted by Gasteiger charge is -2.39. The van der Waals surface area contributed by atoms with Gasteiger partial charge in [-0.1, -0.05) is 48.6 Å². The Morgan fingerprint density at radius 3 is 2.54 bits per heavy atom. The van der Waals surface area contributed by atoms with Gasteiger partial charge in [0, 0.05) is 11.6 Å². The van der Waals surface area contributed by atoms with Gasteiger partial charge in [0.2, 0.25) is 0 Å². The Kier molecular flexibility index (Phi) is 3.44. The summed E-state index contributed by atoms with van der Waals surface area (Å²) in [5.41, 5.74) is 3.05. The molecule has 0 bridgehead atoms. The lowest BCUT2D eigenvalue weighted by Crippen LogP contribution is -2.31. The van der Waals surface area contributed by atoms with Gasteiger partial charge in [-0.2, -0.15) is 13.2 Å². The van der Waals surface area contributed by atoms with Crippen molar-refractivity contribution in [1.82, 2.24) is 0 Å². The summed E-state index contributed by atoms with van der Waals surface area (Å²) in [4.78, 5) is 0. The van der Waals surface area contributed by atoms with Crippen molar-refractivity contribution < 1.29 is 13.2 Å². The number of rotatable bonds is 1. The second-order valence-corrected chi connectivity index (χ2v) is 6.60. The van der Waals surface area contributed by atoms with Gasteiger partial charge in [0.05, 0.1) is 11.6 Å². The molecule has 2 aromatic rings. The van der Waals surface area contributed by atoms with Gasteiger partial charge in [-0.3, -0.25) is 0 Å². The Balaban J connectivity index is 1.85. The number of alkyl halides is 3. The zero-order chi connectivity index (χ0) is 16.9. The Morgan fingerprint density at radius 1 is 1.00 bits per heavy atom. The Labute approximate surface area is 139 Å². The number of anilines is 1. The van der Waals surface area contributed by atoms with E-state index in [9.17, 15) is 13.2 Å². The highest BCUT2D eigenvalue weighted by molar-refractivity contribution is 5.64. The summed E-state index contributed by atoms with van der Waals surface area (Å²) in [5, 5.41) is 3.43. The summed E-state index contributed by atoms with van der Waals surface area (Å²) in [6.45, 7) is 2.00. The van der Waals surface area contributed by atoms with Gasteiger partial charge in [0.15, 0.2) is 0 Å². The number of para-hydroxylation sites is 1. The summed E-state index contributed by atoms with van der Waals surface area (Å²) in [6, 6.07) is 11.7. The molecule has 2 aromatic carbocycles. The summed E-state index contributed by atoms with van der Waals surface area (Å²) < 4.78 is 40.4. The molecule has 0 radical (unpaired) electrons. The molecule has 124 valence electrons. The molecule has 4 heteroatoms. The van der Waals surface area contributed by atoms with Crippen LogP contribution in [0.25, 0.3) is 0 Å². The van der Waals surface area contributed by atoms with Crippen molar-refractivity contribution in [2.75, 3.05) is 5.32 Å². The molecule has 0 saturated carbocycles. The third-order valence-electron chi connectivity index (χ3n) is 5.21. The molecule has 1 aliphatic heterocycles. The van der Waals surface area contributed by atoms with Crippen LogP contribution in [0.3, 0.4) is 0 Å². The molecule has 4 rings (SSSR count). The predicted molar refractivity (Wildman–Crippen MR) is 89.0 cm³/mol.